The van der Waals surface area contributed by atoms with Gasteiger partial charge in [-0.05, 0) is 31.1 Å². The van der Waals surface area contributed by atoms with Crippen molar-refractivity contribution in [3.63, 3.8) is 0 Å². The zero-order chi connectivity index (χ0) is 12.2. The molecule has 3 nitrogen and oxygen atoms in total. The fraction of sp³-hybridized carbons (Fsp3) is 1.00. The smallest absolute Gasteiger partial charge is 0.0770 e. The van der Waals surface area contributed by atoms with Crippen molar-refractivity contribution < 1.29 is 9.47 Å². The first-order valence-electron chi connectivity index (χ1n) is 6.35. The molecule has 0 aromatic heterocycles. The Morgan fingerprint density at radius 2 is 2.12 bits per heavy atom. The van der Waals surface area contributed by atoms with E-state index >= 15 is 0 Å². The van der Waals surface area contributed by atoms with Crippen LogP contribution in [0.3, 0.4) is 0 Å². The van der Waals surface area contributed by atoms with Gasteiger partial charge in [0, 0.05) is 19.8 Å². The van der Waals surface area contributed by atoms with E-state index < -0.39 is 0 Å². The van der Waals surface area contributed by atoms with Crippen LogP contribution in [0.25, 0.3) is 0 Å². The minimum Gasteiger partial charge on any atom is -0.379 e. The Morgan fingerprint density at radius 3 is 2.56 bits per heavy atom. The highest BCUT2D eigenvalue weighted by molar-refractivity contribution is 4.84. The van der Waals surface area contributed by atoms with Crippen molar-refractivity contribution in [3.8, 4) is 0 Å². The summed E-state index contributed by atoms with van der Waals surface area (Å²) < 4.78 is 11.1. The lowest BCUT2D eigenvalue weighted by Crippen LogP contribution is -2.45. The van der Waals surface area contributed by atoms with Gasteiger partial charge in [0.05, 0.1) is 12.2 Å². The van der Waals surface area contributed by atoms with E-state index in [2.05, 4.69) is 20.8 Å². The summed E-state index contributed by atoms with van der Waals surface area (Å²) in [6.07, 6.45) is 5.00. The number of hydrogen-bond donors (Lipinski definition) is 1. The van der Waals surface area contributed by atoms with Gasteiger partial charge in [0.25, 0.3) is 0 Å². The molecule has 1 aliphatic rings. The number of nitrogens with two attached hydrogens (primary N) is 1. The van der Waals surface area contributed by atoms with Crippen molar-refractivity contribution >= 4 is 0 Å². The Balaban J connectivity index is 2.34. The molecule has 0 radical (unpaired) electrons. The van der Waals surface area contributed by atoms with Gasteiger partial charge in [-0.25, -0.2) is 0 Å². The number of hydrogen-bond acceptors (Lipinski definition) is 3. The molecule has 0 aromatic carbocycles. The van der Waals surface area contributed by atoms with E-state index in [4.69, 9.17) is 15.2 Å². The first kappa shape index (κ1) is 13.9. The number of ether oxygens (including phenoxy) is 2. The highest BCUT2D eigenvalue weighted by Gasteiger charge is 2.30. The van der Waals surface area contributed by atoms with E-state index in [0.29, 0.717) is 6.10 Å². The van der Waals surface area contributed by atoms with Gasteiger partial charge in [0.15, 0.2) is 0 Å². The molecule has 0 amide bonds. The molecule has 1 heterocycles. The third-order valence-electron chi connectivity index (χ3n) is 3.34. The van der Waals surface area contributed by atoms with E-state index in [1.54, 1.807) is 7.11 Å². The summed E-state index contributed by atoms with van der Waals surface area (Å²) >= 11 is 0. The molecule has 1 aliphatic heterocycles. The van der Waals surface area contributed by atoms with Crippen LogP contribution in [-0.2, 0) is 9.47 Å². The normalized spacial score (nSPS) is 25.7. The average Bonchev–Trinajstić information content (AvgIpc) is 2.65. The summed E-state index contributed by atoms with van der Waals surface area (Å²) in [5.74, 6) is 0. The van der Waals surface area contributed by atoms with E-state index in [1.165, 1.54) is 12.8 Å². The fourth-order valence-corrected chi connectivity index (χ4v) is 2.57. The van der Waals surface area contributed by atoms with E-state index in [9.17, 15) is 0 Å². The maximum absolute atomic E-state index is 6.21. The summed E-state index contributed by atoms with van der Waals surface area (Å²) in [5, 5.41) is 0. The summed E-state index contributed by atoms with van der Waals surface area (Å²) in [6.45, 7) is 7.44. The molecule has 1 rings (SSSR count). The summed E-state index contributed by atoms with van der Waals surface area (Å²) in [6, 6.07) is 0.106. The summed E-state index contributed by atoms with van der Waals surface area (Å²) in [4.78, 5) is 0. The Hall–Kier alpha value is -0.120. The maximum atomic E-state index is 6.21. The Labute approximate surface area is 99.7 Å². The van der Waals surface area contributed by atoms with Crippen LogP contribution in [-0.4, -0.2) is 32.0 Å². The van der Waals surface area contributed by atoms with Crippen molar-refractivity contribution in [3.05, 3.63) is 0 Å². The molecular formula is C13H27NO2. The molecular weight excluding hydrogens is 202 g/mol. The Bertz CT molecular complexity index is 195. The van der Waals surface area contributed by atoms with Gasteiger partial charge in [-0.1, -0.05) is 20.8 Å². The van der Waals surface area contributed by atoms with Crippen molar-refractivity contribution in [2.45, 2.75) is 64.7 Å². The van der Waals surface area contributed by atoms with Crippen LogP contribution in [0.2, 0.25) is 0 Å². The van der Waals surface area contributed by atoms with Crippen molar-refractivity contribution in [1.29, 1.82) is 0 Å². The van der Waals surface area contributed by atoms with Crippen molar-refractivity contribution in [1.82, 2.24) is 0 Å². The lowest BCUT2D eigenvalue weighted by Gasteiger charge is -2.34. The molecule has 3 atom stereocenters. The molecule has 2 N–H and O–H groups in total. The molecule has 1 saturated heterocycles. The lowest BCUT2D eigenvalue weighted by molar-refractivity contribution is -0.00746. The predicted molar refractivity (Wildman–Crippen MR) is 66.4 cm³/mol. The van der Waals surface area contributed by atoms with Gasteiger partial charge in [-0.15, -0.1) is 0 Å². The predicted octanol–water partition coefficient (Wildman–Crippen LogP) is 2.33. The summed E-state index contributed by atoms with van der Waals surface area (Å²) in [7, 11) is 1.75. The van der Waals surface area contributed by atoms with Crippen LogP contribution in [0.15, 0.2) is 0 Å². The molecule has 96 valence electrons. The van der Waals surface area contributed by atoms with E-state index in [1.807, 2.05) is 0 Å². The molecule has 0 saturated carbocycles. The third-order valence-corrected chi connectivity index (χ3v) is 3.34. The quantitative estimate of drug-likeness (QED) is 0.787. The molecule has 3 heteroatoms. The van der Waals surface area contributed by atoms with E-state index in [0.717, 1.165) is 19.4 Å². The van der Waals surface area contributed by atoms with Crippen LogP contribution in [0.1, 0.15) is 46.5 Å². The minimum atomic E-state index is 0.102. The van der Waals surface area contributed by atoms with Crippen molar-refractivity contribution in [2.75, 3.05) is 13.7 Å². The topological polar surface area (TPSA) is 44.5 Å². The molecule has 0 aromatic rings. The number of methoxy groups -OCH3 is 1. The molecule has 3 unspecified atom stereocenters. The first-order chi connectivity index (χ1) is 7.45. The van der Waals surface area contributed by atoms with Crippen LogP contribution < -0.4 is 5.73 Å². The Kier molecular flexibility index (Phi) is 5.22. The second-order valence-corrected chi connectivity index (χ2v) is 5.90. The largest absolute Gasteiger partial charge is 0.379 e. The van der Waals surface area contributed by atoms with Crippen LogP contribution in [0.4, 0.5) is 0 Å². The molecule has 0 aliphatic carbocycles. The van der Waals surface area contributed by atoms with Crippen LogP contribution in [0.5, 0.6) is 0 Å². The fourth-order valence-electron chi connectivity index (χ4n) is 2.57. The van der Waals surface area contributed by atoms with Crippen LogP contribution >= 0.6 is 0 Å². The highest BCUT2D eigenvalue weighted by atomic mass is 16.5. The Morgan fingerprint density at radius 1 is 1.44 bits per heavy atom. The molecule has 0 bridgehead atoms. The van der Waals surface area contributed by atoms with Gasteiger partial charge in [-0.3, -0.25) is 0 Å². The van der Waals surface area contributed by atoms with Gasteiger partial charge in [0.2, 0.25) is 0 Å². The summed E-state index contributed by atoms with van der Waals surface area (Å²) in [5.41, 5.74) is 6.31. The highest BCUT2D eigenvalue weighted by Crippen LogP contribution is 2.26. The average molecular weight is 229 g/mol. The molecule has 0 spiro atoms. The zero-order valence-corrected chi connectivity index (χ0v) is 11.2. The van der Waals surface area contributed by atoms with Gasteiger partial charge in [-0.2, -0.15) is 0 Å². The second kappa shape index (κ2) is 5.99. The zero-order valence-electron chi connectivity index (χ0n) is 11.2. The monoisotopic (exact) mass is 229 g/mol. The lowest BCUT2D eigenvalue weighted by atomic mass is 9.83. The second-order valence-electron chi connectivity index (χ2n) is 5.90. The molecule has 16 heavy (non-hydrogen) atoms. The minimum absolute atomic E-state index is 0.102. The van der Waals surface area contributed by atoms with E-state index in [-0.39, 0.29) is 17.6 Å². The van der Waals surface area contributed by atoms with Crippen LogP contribution in [0, 0.1) is 5.41 Å². The maximum Gasteiger partial charge on any atom is 0.0770 e. The SMILES string of the molecule is COC(C(N)CCC1CCCO1)C(C)(C)C. The van der Waals surface area contributed by atoms with Gasteiger partial charge < -0.3 is 15.2 Å². The standard InChI is InChI=1S/C13H27NO2/c1-13(2,3)12(15-4)11(14)8-7-10-6-5-9-16-10/h10-12H,5-9,14H2,1-4H3. The van der Waals surface area contributed by atoms with Gasteiger partial charge in [0.1, 0.15) is 0 Å². The first-order valence-corrected chi connectivity index (χ1v) is 6.35. The molecule has 1 fully saturated rings. The van der Waals surface area contributed by atoms with Crippen molar-refractivity contribution in [2.24, 2.45) is 11.1 Å². The number of rotatable bonds is 5. The third kappa shape index (κ3) is 4.04. The van der Waals surface area contributed by atoms with Gasteiger partial charge >= 0.3 is 0 Å².